The van der Waals surface area contributed by atoms with Crippen molar-refractivity contribution in [2.75, 3.05) is 13.7 Å². The zero-order valence-corrected chi connectivity index (χ0v) is 24.3. The molecule has 3 aromatic rings. The van der Waals surface area contributed by atoms with Gasteiger partial charge in [-0.15, -0.1) is 5.10 Å². The van der Waals surface area contributed by atoms with E-state index in [2.05, 4.69) is 32.1 Å². The highest BCUT2D eigenvalue weighted by Gasteiger charge is 2.33. The minimum atomic E-state index is -0.877. The number of carbonyl (C=O) groups excluding carboxylic acids is 1. The fraction of sp³-hybridized carbons (Fsp3) is 0.259. The quantitative estimate of drug-likeness (QED) is 0.284. The second-order valence-corrected chi connectivity index (χ2v) is 10.1. The van der Waals surface area contributed by atoms with Crippen molar-refractivity contribution in [1.29, 1.82) is 5.26 Å². The number of benzene rings is 2. The standard InChI is InChI=1S/C27H23BrCl2N4O5/c1-15-25(28)22(13-36-3)21(11-31)27(32-15)38-14-24-34(16(2)35)33-26(39-24)17-5-4-6-20(9-17)37-12-18-7-8-19(29)10-23(18)30/h4-10,24H,12-14H2,1-3H3/t24-/m0/s1. The van der Waals surface area contributed by atoms with Crippen LogP contribution in [-0.4, -0.2) is 41.7 Å². The van der Waals surface area contributed by atoms with E-state index in [-0.39, 0.29) is 43.1 Å². The van der Waals surface area contributed by atoms with E-state index in [1.165, 1.54) is 19.0 Å². The van der Waals surface area contributed by atoms with Crippen LogP contribution in [0.4, 0.5) is 0 Å². The van der Waals surface area contributed by atoms with Gasteiger partial charge in [-0.25, -0.2) is 4.98 Å². The van der Waals surface area contributed by atoms with E-state index in [0.717, 1.165) is 5.56 Å². The summed E-state index contributed by atoms with van der Waals surface area (Å²) in [6.07, 6.45) is -0.877. The van der Waals surface area contributed by atoms with Crippen LogP contribution in [0.2, 0.25) is 10.0 Å². The molecule has 0 radical (unpaired) electrons. The maximum absolute atomic E-state index is 12.3. The molecule has 202 valence electrons. The fourth-order valence-corrected chi connectivity index (χ4v) is 4.62. The van der Waals surface area contributed by atoms with Gasteiger partial charge in [-0.2, -0.15) is 10.3 Å². The van der Waals surface area contributed by atoms with E-state index < -0.39 is 6.23 Å². The second kappa shape index (κ2) is 12.7. The van der Waals surface area contributed by atoms with Crippen LogP contribution >= 0.6 is 39.1 Å². The van der Waals surface area contributed by atoms with E-state index >= 15 is 0 Å². The molecule has 1 aliphatic heterocycles. The lowest BCUT2D eigenvalue weighted by Crippen LogP contribution is -2.37. The van der Waals surface area contributed by atoms with Gasteiger partial charge in [-0.3, -0.25) is 4.79 Å². The van der Waals surface area contributed by atoms with Crippen molar-refractivity contribution < 1.29 is 23.7 Å². The van der Waals surface area contributed by atoms with E-state index in [9.17, 15) is 10.1 Å². The average molecular weight is 634 g/mol. The summed E-state index contributed by atoms with van der Waals surface area (Å²) in [5.74, 6) is 0.540. The molecule has 0 unspecified atom stereocenters. The number of aryl methyl sites for hydroxylation is 1. The molecule has 0 N–H and O–H groups in total. The molecular formula is C27H23BrCl2N4O5. The first-order valence-corrected chi connectivity index (χ1v) is 13.2. The first-order valence-electron chi connectivity index (χ1n) is 11.6. The Morgan fingerprint density at radius 1 is 1.21 bits per heavy atom. The monoisotopic (exact) mass is 632 g/mol. The summed E-state index contributed by atoms with van der Waals surface area (Å²) in [6.45, 7) is 3.46. The number of amides is 1. The minimum absolute atomic E-state index is 0.113. The molecule has 2 aromatic carbocycles. The Morgan fingerprint density at radius 3 is 2.69 bits per heavy atom. The van der Waals surface area contributed by atoms with E-state index in [1.54, 1.807) is 49.4 Å². The van der Waals surface area contributed by atoms with Crippen LogP contribution in [0, 0.1) is 18.3 Å². The van der Waals surface area contributed by atoms with Crippen LogP contribution in [0.25, 0.3) is 0 Å². The van der Waals surface area contributed by atoms with E-state index in [0.29, 0.717) is 37.1 Å². The summed E-state index contributed by atoms with van der Waals surface area (Å²) in [5, 5.41) is 16.3. The van der Waals surface area contributed by atoms with Crippen molar-refractivity contribution in [2.24, 2.45) is 5.10 Å². The van der Waals surface area contributed by atoms with Gasteiger partial charge in [0.1, 0.15) is 30.6 Å². The predicted molar refractivity (Wildman–Crippen MR) is 149 cm³/mol. The minimum Gasteiger partial charge on any atom is -0.489 e. The summed E-state index contributed by atoms with van der Waals surface area (Å²) < 4.78 is 23.7. The third-order valence-electron chi connectivity index (χ3n) is 5.66. The van der Waals surface area contributed by atoms with Gasteiger partial charge in [0.25, 0.3) is 0 Å². The predicted octanol–water partition coefficient (Wildman–Crippen LogP) is 6.00. The average Bonchev–Trinajstić information content (AvgIpc) is 3.35. The molecule has 4 rings (SSSR count). The molecule has 39 heavy (non-hydrogen) atoms. The lowest BCUT2D eigenvalue weighted by Gasteiger charge is -2.20. The Bertz CT molecular complexity index is 1480. The maximum Gasteiger partial charge on any atom is 0.243 e. The first-order chi connectivity index (χ1) is 18.7. The fourth-order valence-electron chi connectivity index (χ4n) is 3.75. The van der Waals surface area contributed by atoms with Crippen LogP contribution in [0.5, 0.6) is 11.6 Å². The Balaban J connectivity index is 1.49. The highest BCUT2D eigenvalue weighted by molar-refractivity contribution is 9.10. The number of halogens is 3. The third kappa shape index (κ3) is 6.62. The van der Waals surface area contributed by atoms with Gasteiger partial charge in [0.15, 0.2) is 0 Å². The maximum atomic E-state index is 12.3. The molecule has 0 spiro atoms. The van der Waals surface area contributed by atoms with Crippen molar-refractivity contribution >= 4 is 50.9 Å². The Morgan fingerprint density at radius 2 is 2.00 bits per heavy atom. The van der Waals surface area contributed by atoms with Gasteiger partial charge in [0, 0.05) is 45.2 Å². The number of hydrogen-bond acceptors (Lipinski definition) is 8. The third-order valence-corrected chi connectivity index (χ3v) is 7.30. The zero-order chi connectivity index (χ0) is 28.1. The Hall–Kier alpha value is -3.36. The largest absolute Gasteiger partial charge is 0.489 e. The number of nitrogens with zero attached hydrogens (tertiary/aromatic N) is 4. The molecule has 1 aliphatic rings. The van der Waals surface area contributed by atoms with Crippen molar-refractivity contribution in [3.63, 3.8) is 0 Å². The first kappa shape index (κ1) is 28.6. The van der Waals surface area contributed by atoms with Crippen LogP contribution in [0.15, 0.2) is 52.0 Å². The lowest BCUT2D eigenvalue weighted by molar-refractivity contribution is -0.136. The molecule has 0 saturated heterocycles. The molecule has 1 atom stereocenters. The van der Waals surface area contributed by atoms with Crippen LogP contribution in [0.1, 0.15) is 34.9 Å². The van der Waals surface area contributed by atoms with Gasteiger partial charge < -0.3 is 18.9 Å². The number of methoxy groups -OCH3 is 1. The van der Waals surface area contributed by atoms with Crippen molar-refractivity contribution in [3.8, 4) is 17.7 Å². The topological polar surface area (TPSA) is 106 Å². The van der Waals surface area contributed by atoms with Crippen molar-refractivity contribution in [2.45, 2.75) is 33.3 Å². The number of hydrogen-bond donors (Lipinski definition) is 0. The zero-order valence-electron chi connectivity index (χ0n) is 21.2. The molecule has 1 amide bonds. The highest BCUT2D eigenvalue weighted by Crippen LogP contribution is 2.31. The molecule has 12 heteroatoms. The smallest absolute Gasteiger partial charge is 0.243 e. The highest BCUT2D eigenvalue weighted by atomic mass is 79.9. The SMILES string of the molecule is COCc1c(Br)c(C)nc(OC[C@@H]2OC(c3cccc(OCc4ccc(Cl)cc4Cl)c3)=NN2C(C)=O)c1C#N. The van der Waals surface area contributed by atoms with E-state index in [4.69, 9.17) is 42.1 Å². The molecule has 0 aliphatic carbocycles. The summed E-state index contributed by atoms with van der Waals surface area (Å²) in [5.41, 5.74) is 2.85. The summed E-state index contributed by atoms with van der Waals surface area (Å²) in [6, 6.07) is 14.4. The van der Waals surface area contributed by atoms with Crippen LogP contribution in [-0.2, 0) is 27.5 Å². The number of aromatic nitrogens is 1. The molecule has 0 fully saturated rings. The number of carbonyl (C=O) groups is 1. The Kier molecular flexibility index (Phi) is 9.30. The molecule has 9 nitrogen and oxygen atoms in total. The summed E-state index contributed by atoms with van der Waals surface area (Å²) >= 11 is 15.7. The van der Waals surface area contributed by atoms with Gasteiger partial charge in [0.2, 0.25) is 23.9 Å². The molecule has 0 saturated carbocycles. The second-order valence-electron chi connectivity index (χ2n) is 8.42. The van der Waals surface area contributed by atoms with Crippen molar-refractivity contribution in [1.82, 2.24) is 9.99 Å². The van der Waals surface area contributed by atoms with Crippen LogP contribution < -0.4 is 9.47 Å². The van der Waals surface area contributed by atoms with E-state index in [1.807, 2.05) is 0 Å². The summed E-state index contributed by atoms with van der Waals surface area (Å²) in [7, 11) is 1.53. The lowest BCUT2D eigenvalue weighted by atomic mass is 10.1. The number of nitriles is 1. The van der Waals surface area contributed by atoms with Gasteiger partial charge >= 0.3 is 0 Å². The number of rotatable bonds is 9. The molecular weight excluding hydrogens is 611 g/mol. The van der Waals surface area contributed by atoms with Gasteiger partial charge in [-0.1, -0.05) is 35.3 Å². The van der Waals surface area contributed by atoms with Gasteiger partial charge in [0.05, 0.1) is 12.3 Å². The Labute approximate surface area is 244 Å². The normalized spacial score (nSPS) is 14.4. The summed E-state index contributed by atoms with van der Waals surface area (Å²) in [4.78, 5) is 16.7. The molecule has 1 aromatic heterocycles. The number of hydrazone groups is 1. The number of pyridine rings is 1. The molecule has 2 heterocycles. The van der Waals surface area contributed by atoms with Crippen molar-refractivity contribution in [3.05, 3.63) is 84.9 Å². The van der Waals surface area contributed by atoms with Crippen LogP contribution in [0.3, 0.4) is 0 Å². The van der Waals surface area contributed by atoms with Gasteiger partial charge in [-0.05, 0) is 53.2 Å². The number of ether oxygens (including phenoxy) is 4. The molecule has 0 bridgehead atoms.